The maximum atomic E-state index is 12.4. The molecule has 1 N–H and O–H groups in total. The Morgan fingerprint density at radius 2 is 1.72 bits per heavy atom. The molecule has 32 heavy (non-hydrogen) atoms. The second kappa shape index (κ2) is 11.2. The first-order chi connectivity index (χ1) is 15.3. The van der Waals surface area contributed by atoms with Gasteiger partial charge in [0.25, 0.3) is 10.0 Å². The lowest BCUT2D eigenvalue weighted by molar-refractivity contribution is 0.269. The van der Waals surface area contributed by atoms with Gasteiger partial charge in [0.2, 0.25) is 0 Å². The fourth-order valence-electron chi connectivity index (χ4n) is 2.64. The number of sulfonamides is 1. The molecule has 0 radical (unpaired) electrons. The molecule has 3 rings (SSSR count). The smallest absolute Gasteiger partial charge is 0.276 e. The van der Waals surface area contributed by atoms with E-state index < -0.39 is 10.0 Å². The van der Waals surface area contributed by atoms with E-state index in [1.165, 1.54) is 18.3 Å². The van der Waals surface area contributed by atoms with Crippen molar-refractivity contribution >= 4 is 62.0 Å². The zero-order chi connectivity index (χ0) is 23.1. The molecule has 0 fully saturated rings. The van der Waals surface area contributed by atoms with Crippen molar-refractivity contribution in [3.63, 3.8) is 0 Å². The van der Waals surface area contributed by atoms with Crippen molar-refractivity contribution in [2.45, 2.75) is 18.4 Å². The summed E-state index contributed by atoms with van der Waals surface area (Å²) in [5.41, 5.74) is 1.46. The van der Waals surface area contributed by atoms with E-state index in [0.717, 1.165) is 9.13 Å². The highest BCUT2D eigenvalue weighted by molar-refractivity contribution is 14.1. The van der Waals surface area contributed by atoms with Crippen LogP contribution in [0.1, 0.15) is 18.1 Å². The summed E-state index contributed by atoms with van der Waals surface area (Å²) < 4.78 is 37.2. The van der Waals surface area contributed by atoms with Crippen LogP contribution >= 0.6 is 45.8 Å². The van der Waals surface area contributed by atoms with Crippen molar-refractivity contribution in [3.05, 3.63) is 85.4 Å². The Morgan fingerprint density at radius 3 is 2.38 bits per heavy atom. The average molecular weight is 605 g/mol. The highest BCUT2D eigenvalue weighted by Crippen LogP contribution is 2.37. The van der Waals surface area contributed by atoms with Crippen LogP contribution in [-0.2, 0) is 16.6 Å². The maximum absolute atomic E-state index is 12.4. The first-order valence-electron chi connectivity index (χ1n) is 9.42. The zero-order valence-electron chi connectivity index (χ0n) is 16.9. The van der Waals surface area contributed by atoms with Crippen molar-refractivity contribution in [1.29, 1.82) is 0 Å². The number of hydrogen-bond donors (Lipinski definition) is 1. The molecular weight excluding hydrogens is 586 g/mol. The van der Waals surface area contributed by atoms with Crippen molar-refractivity contribution in [3.8, 4) is 11.5 Å². The molecule has 0 heterocycles. The number of nitrogens with zero attached hydrogens (tertiary/aromatic N) is 1. The van der Waals surface area contributed by atoms with Gasteiger partial charge in [0, 0.05) is 8.59 Å². The third-order valence-corrected chi connectivity index (χ3v) is 6.63. The van der Waals surface area contributed by atoms with Gasteiger partial charge in [0.05, 0.1) is 22.7 Å². The third kappa shape index (κ3) is 6.74. The number of ether oxygens (including phenoxy) is 2. The molecule has 0 atom stereocenters. The van der Waals surface area contributed by atoms with Gasteiger partial charge in [-0.25, -0.2) is 4.83 Å². The van der Waals surface area contributed by atoms with Gasteiger partial charge in [-0.15, -0.1) is 0 Å². The monoisotopic (exact) mass is 604 g/mol. The van der Waals surface area contributed by atoms with Gasteiger partial charge < -0.3 is 9.47 Å². The predicted octanol–water partition coefficient (Wildman–Crippen LogP) is 5.89. The second-order valence-corrected chi connectivity index (χ2v) is 10.2. The van der Waals surface area contributed by atoms with Crippen LogP contribution in [0.4, 0.5) is 0 Å². The van der Waals surface area contributed by atoms with Crippen LogP contribution in [-0.4, -0.2) is 21.2 Å². The van der Waals surface area contributed by atoms with Crippen LogP contribution in [0.15, 0.2) is 70.7 Å². The number of nitrogens with one attached hydrogen (secondary N) is 1. The van der Waals surface area contributed by atoms with Crippen LogP contribution in [0.3, 0.4) is 0 Å². The minimum absolute atomic E-state index is 0.119. The van der Waals surface area contributed by atoms with Crippen molar-refractivity contribution in [2.75, 3.05) is 6.61 Å². The van der Waals surface area contributed by atoms with Crippen LogP contribution in [0.25, 0.3) is 0 Å². The number of hydrazone groups is 1. The molecule has 0 aliphatic rings. The number of benzene rings is 3. The molecule has 3 aromatic rings. The molecular formula is C22H19Cl2IN2O4S. The molecule has 0 saturated heterocycles. The minimum Gasteiger partial charge on any atom is -0.490 e. The van der Waals surface area contributed by atoms with E-state index in [1.807, 2.05) is 19.1 Å². The predicted molar refractivity (Wildman–Crippen MR) is 135 cm³/mol. The quantitative estimate of drug-likeness (QED) is 0.188. The molecule has 0 unspecified atom stereocenters. The lowest BCUT2D eigenvalue weighted by Gasteiger charge is -2.14. The van der Waals surface area contributed by atoms with E-state index in [9.17, 15) is 8.42 Å². The first-order valence-corrected chi connectivity index (χ1v) is 12.7. The molecule has 0 saturated carbocycles. The molecule has 3 aromatic carbocycles. The summed E-state index contributed by atoms with van der Waals surface area (Å²) in [7, 11) is -3.78. The molecule has 0 aliphatic carbocycles. The highest BCUT2D eigenvalue weighted by Gasteiger charge is 2.14. The Morgan fingerprint density at radius 1 is 1.03 bits per heavy atom. The van der Waals surface area contributed by atoms with Crippen LogP contribution in [0, 0.1) is 3.57 Å². The van der Waals surface area contributed by atoms with Crippen molar-refractivity contribution in [1.82, 2.24) is 4.83 Å². The standard InChI is InChI=1S/C22H19Cl2IN2O4S/c1-2-30-21-12-16(13-26-27-32(28,29)19-9-7-18(25)8-10-19)11-20(24)22(21)31-14-15-3-5-17(23)6-4-15/h3-13,27H,2,14H2,1H3/b26-13-. The number of rotatable bonds is 9. The normalized spacial score (nSPS) is 11.5. The molecule has 10 heteroatoms. The summed E-state index contributed by atoms with van der Waals surface area (Å²) in [5, 5.41) is 4.81. The van der Waals surface area contributed by atoms with E-state index in [1.54, 1.807) is 36.4 Å². The third-order valence-electron chi connectivity index (χ3n) is 4.14. The van der Waals surface area contributed by atoms with E-state index >= 15 is 0 Å². The zero-order valence-corrected chi connectivity index (χ0v) is 21.4. The Balaban J connectivity index is 1.75. The summed E-state index contributed by atoms with van der Waals surface area (Å²) in [6.07, 6.45) is 1.35. The SMILES string of the molecule is CCOc1cc(/C=N\NS(=O)(=O)c2ccc(I)cc2)cc(Cl)c1OCc1ccc(Cl)cc1. The molecule has 6 nitrogen and oxygen atoms in total. The lowest BCUT2D eigenvalue weighted by atomic mass is 10.2. The van der Waals surface area contributed by atoms with Gasteiger partial charge in [-0.05, 0) is 89.2 Å². The molecule has 0 bridgehead atoms. The Labute approximate surface area is 210 Å². The van der Waals surface area contributed by atoms with E-state index in [0.29, 0.717) is 33.7 Å². The summed E-state index contributed by atoms with van der Waals surface area (Å²) in [4.78, 5) is 2.31. The number of hydrogen-bond acceptors (Lipinski definition) is 5. The lowest BCUT2D eigenvalue weighted by Crippen LogP contribution is -2.18. The Kier molecular flexibility index (Phi) is 8.64. The molecule has 168 valence electrons. The van der Waals surface area contributed by atoms with Crippen LogP contribution in [0.5, 0.6) is 11.5 Å². The average Bonchev–Trinajstić information content (AvgIpc) is 2.75. The largest absolute Gasteiger partial charge is 0.490 e. The van der Waals surface area contributed by atoms with Crippen LogP contribution < -0.4 is 14.3 Å². The highest BCUT2D eigenvalue weighted by atomic mass is 127. The molecule has 0 spiro atoms. The van der Waals surface area contributed by atoms with E-state index in [4.69, 9.17) is 32.7 Å². The fourth-order valence-corrected chi connectivity index (χ4v) is 4.19. The van der Waals surface area contributed by atoms with Crippen molar-refractivity contribution < 1.29 is 17.9 Å². The maximum Gasteiger partial charge on any atom is 0.276 e. The van der Waals surface area contributed by atoms with Crippen LogP contribution in [0.2, 0.25) is 10.0 Å². The Bertz CT molecular complexity index is 1200. The first kappa shape index (κ1) is 24.6. The minimum atomic E-state index is -3.78. The van der Waals surface area contributed by atoms with Gasteiger partial charge in [-0.2, -0.15) is 13.5 Å². The van der Waals surface area contributed by atoms with Gasteiger partial charge in [-0.1, -0.05) is 35.3 Å². The summed E-state index contributed by atoms with van der Waals surface area (Å²) in [6.45, 7) is 2.51. The molecule has 0 aromatic heterocycles. The van der Waals surface area contributed by atoms with Gasteiger partial charge in [-0.3, -0.25) is 0 Å². The van der Waals surface area contributed by atoms with E-state index in [2.05, 4.69) is 32.5 Å². The van der Waals surface area contributed by atoms with Crippen molar-refractivity contribution in [2.24, 2.45) is 5.10 Å². The van der Waals surface area contributed by atoms with Gasteiger partial charge in [0.15, 0.2) is 11.5 Å². The topological polar surface area (TPSA) is 77.0 Å². The summed E-state index contributed by atoms with van der Waals surface area (Å²) >= 11 is 14.4. The molecule has 0 aliphatic heterocycles. The van der Waals surface area contributed by atoms with E-state index in [-0.39, 0.29) is 11.5 Å². The fraction of sp³-hybridized carbons (Fsp3) is 0.136. The Hall–Kier alpha value is -2.01. The summed E-state index contributed by atoms with van der Waals surface area (Å²) in [5.74, 6) is 0.816. The summed E-state index contributed by atoms with van der Waals surface area (Å²) in [6, 6.07) is 17.0. The second-order valence-electron chi connectivity index (χ2n) is 6.48. The van der Waals surface area contributed by atoms with Gasteiger partial charge >= 0.3 is 0 Å². The molecule has 0 amide bonds. The number of halogens is 3. The van der Waals surface area contributed by atoms with Gasteiger partial charge in [0.1, 0.15) is 6.61 Å².